The molecule has 2 aliphatic rings. The largest absolute Gasteiger partial charge is 0.337 e. The number of likely N-dealkylation sites (tertiary alicyclic amines) is 1. The second-order valence-electron chi connectivity index (χ2n) is 7.08. The molecule has 3 heterocycles. The van der Waals surface area contributed by atoms with E-state index < -0.39 is 0 Å². The first-order valence-corrected chi connectivity index (χ1v) is 8.64. The first-order valence-electron chi connectivity index (χ1n) is 8.64. The van der Waals surface area contributed by atoms with Gasteiger partial charge in [-0.3, -0.25) is 4.79 Å². The molecule has 0 spiro atoms. The maximum Gasteiger partial charge on any atom is 0.319 e. The lowest BCUT2D eigenvalue weighted by molar-refractivity contribution is 0.0557. The highest BCUT2D eigenvalue weighted by molar-refractivity contribution is 5.94. The molecule has 6 nitrogen and oxygen atoms in total. The fourth-order valence-electron chi connectivity index (χ4n) is 3.93. The number of nitrogens with zero attached hydrogens (tertiary/aromatic N) is 4. The van der Waals surface area contributed by atoms with E-state index in [4.69, 9.17) is 0 Å². The summed E-state index contributed by atoms with van der Waals surface area (Å²) in [5, 5.41) is 0. The molecule has 1 aromatic heterocycles. The number of halogens is 1. The number of amides is 3. The van der Waals surface area contributed by atoms with Gasteiger partial charge in [-0.15, -0.1) is 0 Å². The van der Waals surface area contributed by atoms with Gasteiger partial charge in [0.25, 0.3) is 5.91 Å². The number of benzene rings is 1. The van der Waals surface area contributed by atoms with Crippen molar-refractivity contribution in [3.8, 4) is 0 Å². The second-order valence-corrected chi connectivity index (χ2v) is 7.08. The third kappa shape index (κ3) is 2.64. The molecule has 1 fully saturated rings. The predicted octanol–water partition coefficient (Wildman–Crippen LogP) is 2.19. The van der Waals surface area contributed by atoms with E-state index in [1.165, 1.54) is 12.1 Å². The van der Waals surface area contributed by atoms with Crippen molar-refractivity contribution in [1.29, 1.82) is 0 Å². The highest BCUT2D eigenvalue weighted by Gasteiger charge is 2.46. The summed E-state index contributed by atoms with van der Waals surface area (Å²) in [6.45, 7) is 1.46. The summed E-state index contributed by atoms with van der Waals surface area (Å²) in [6, 6.07) is 9.75. The number of hydrogen-bond acceptors (Lipinski definition) is 2. The van der Waals surface area contributed by atoms with Crippen molar-refractivity contribution in [2.45, 2.75) is 18.6 Å². The van der Waals surface area contributed by atoms with Crippen molar-refractivity contribution in [1.82, 2.24) is 19.3 Å². The molecule has 3 amide bonds. The molecule has 1 saturated heterocycles. The first kappa shape index (κ1) is 16.6. The van der Waals surface area contributed by atoms with Gasteiger partial charge < -0.3 is 19.3 Å². The van der Waals surface area contributed by atoms with Crippen LogP contribution in [0.4, 0.5) is 9.18 Å². The average molecular weight is 356 g/mol. The fraction of sp³-hybridized carbons (Fsp3) is 0.368. The van der Waals surface area contributed by atoms with Gasteiger partial charge in [0.2, 0.25) is 0 Å². The minimum absolute atomic E-state index is 0.0297. The lowest BCUT2D eigenvalue weighted by Crippen LogP contribution is -2.50. The molecule has 0 saturated carbocycles. The van der Waals surface area contributed by atoms with Crippen LogP contribution in [0.3, 0.4) is 0 Å². The SMILES string of the molecule is CN(C)C(=O)N1C[C@@H]2[C@H](C1)n1cccc1C(=O)N2Cc1ccc(F)cc1. The van der Waals surface area contributed by atoms with Gasteiger partial charge in [-0.25, -0.2) is 9.18 Å². The Labute approximate surface area is 151 Å². The van der Waals surface area contributed by atoms with E-state index >= 15 is 0 Å². The van der Waals surface area contributed by atoms with Gasteiger partial charge in [-0.2, -0.15) is 0 Å². The molecule has 0 aliphatic carbocycles. The Balaban J connectivity index is 1.66. The van der Waals surface area contributed by atoms with Gasteiger partial charge in [0.15, 0.2) is 0 Å². The summed E-state index contributed by atoms with van der Waals surface area (Å²) in [5.74, 6) is -0.353. The number of fused-ring (bicyclic) bond motifs is 3. The van der Waals surface area contributed by atoms with E-state index in [0.29, 0.717) is 25.3 Å². The molecule has 0 bridgehead atoms. The summed E-state index contributed by atoms with van der Waals surface area (Å²) < 4.78 is 15.2. The number of carbonyl (C=O) groups excluding carboxylic acids is 2. The van der Waals surface area contributed by atoms with E-state index in [-0.39, 0.29) is 29.8 Å². The number of rotatable bonds is 2. The lowest BCUT2D eigenvalue weighted by Gasteiger charge is -2.38. The molecular weight excluding hydrogens is 335 g/mol. The van der Waals surface area contributed by atoms with Crippen LogP contribution >= 0.6 is 0 Å². The Morgan fingerprint density at radius 3 is 2.54 bits per heavy atom. The van der Waals surface area contributed by atoms with Gasteiger partial charge >= 0.3 is 6.03 Å². The van der Waals surface area contributed by atoms with Crippen molar-refractivity contribution in [2.24, 2.45) is 0 Å². The standard InChI is InChI=1S/C19H21FN4O2/c1-21(2)19(26)22-11-16-17(12-22)24(10-13-5-7-14(20)8-6-13)18(25)15-4-3-9-23(15)16/h3-9,16-17H,10-12H2,1-2H3/t16-,17+/m0/s1. The van der Waals surface area contributed by atoms with Crippen LogP contribution in [0.5, 0.6) is 0 Å². The molecule has 7 heteroatoms. The summed E-state index contributed by atoms with van der Waals surface area (Å²) in [4.78, 5) is 30.6. The molecule has 2 aromatic rings. The third-order valence-corrected chi connectivity index (χ3v) is 5.19. The number of urea groups is 1. The third-order valence-electron chi connectivity index (χ3n) is 5.19. The van der Waals surface area contributed by atoms with Gasteiger partial charge in [-0.05, 0) is 29.8 Å². The van der Waals surface area contributed by atoms with Crippen molar-refractivity contribution in [3.63, 3.8) is 0 Å². The van der Waals surface area contributed by atoms with Crippen LogP contribution in [-0.4, -0.2) is 64.4 Å². The van der Waals surface area contributed by atoms with Gasteiger partial charge in [0.05, 0.1) is 12.1 Å². The van der Waals surface area contributed by atoms with E-state index in [0.717, 1.165) is 5.56 Å². The molecule has 2 aliphatic heterocycles. The van der Waals surface area contributed by atoms with Crippen LogP contribution in [0.15, 0.2) is 42.6 Å². The maximum atomic E-state index is 13.2. The molecule has 1 aromatic carbocycles. The molecule has 0 unspecified atom stereocenters. The number of hydrogen-bond donors (Lipinski definition) is 0. The van der Waals surface area contributed by atoms with Crippen molar-refractivity contribution in [2.75, 3.05) is 27.2 Å². The summed E-state index contributed by atoms with van der Waals surface area (Å²) in [6.07, 6.45) is 1.91. The Hall–Kier alpha value is -2.83. The van der Waals surface area contributed by atoms with Crippen LogP contribution in [0.1, 0.15) is 22.1 Å². The lowest BCUT2D eigenvalue weighted by atomic mass is 10.0. The minimum Gasteiger partial charge on any atom is -0.337 e. The molecule has 2 atom stereocenters. The van der Waals surface area contributed by atoms with Crippen LogP contribution in [0.2, 0.25) is 0 Å². The maximum absolute atomic E-state index is 13.2. The zero-order valence-corrected chi connectivity index (χ0v) is 14.8. The second kappa shape index (κ2) is 6.16. The highest BCUT2D eigenvalue weighted by atomic mass is 19.1. The van der Waals surface area contributed by atoms with Gasteiger partial charge in [0.1, 0.15) is 11.5 Å². The van der Waals surface area contributed by atoms with Crippen molar-refractivity contribution in [3.05, 3.63) is 59.7 Å². The van der Waals surface area contributed by atoms with Crippen LogP contribution in [0, 0.1) is 5.82 Å². The predicted molar refractivity (Wildman–Crippen MR) is 94.2 cm³/mol. The van der Waals surface area contributed by atoms with Crippen molar-refractivity contribution >= 4 is 11.9 Å². The molecule has 0 radical (unpaired) electrons. The Kier molecular flexibility index (Phi) is 3.94. The average Bonchev–Trinajstić information content (AvgIpc) is 3.26. The molecule has 26 heavy (non-hydrogen) atoms. The zero-order chi connectivity index (χ0) is 18.4. The molecule has 136 valence electrons. The van der Waals surface area contributed by atoms with Crippen LogP contribution in [-0.2, 0) is 6.54 Å². The van der Waals surface area contributed by atoms with Crippen LogP contribution < -0.4 is 0 Å². The summed E-state index contributed by atoms with van der Waals surface area (Å²) >= 11 is 0. The number of aromatic nitrogens is 1. The molecular formula is C19H21FN4O2. The van der Waals surface area contributed by atoms with E-state index in [9.17, 15) is 14.0 Å². The van der Waals surface area contributed by atoms with Crippen molar-refractivity contribution < 1.29 is 14.0 Å². The smallest absolute Gasteiger partial charge is 0.319 e. The molecule has 4 rings (SSSR count). The topological polar surface area (TPSA) is 48.8 Å². The van der Waals surface area contributed by atoms with E-state index in [2.05, 4.69) is 0 Å². The van der Waals surface area contributed by atoms with Crippen LogP contribution in [0.25, 0.3) is 0 Å². The Bertz CT molecular complexity index is 845. The van der Waals surface area contributed by atoms with E-state index in [1.54, 1.807) is 36.0 Å². The van der Waals surface area contributed by atoms with Gasteiger partial charge in [0, 0.05) is 39.9 Å². The Morgan fingerprint density at radius 1 is 1.15 bits per heavy atom. The number of carbonyl (C=O) groups is 2. The zero-order valence-electron chi connectivity index (χ0n) is 14.8. The minimum atomic E-state index is -0.297. The Morgan fingerprint density at radius 2 is 1.85 bits per heavy atom. The van der Waals surface area contributed by atoms with Gasteiger partial charge in [-0.1, -0.05) is 12.1 Å². The normalized spacial score (nSPS) is 21.6. The molecule has 0 N–H and O–H groups in total. The fourth-order valence-corrected chi connectivity index (χ4v) is 3.93. The highest BCUT2D eigenvalue weighted by Crippen LogP contribution is 2.34. The first-order chi connectivity index (χ1) is 12.5. The summed E-state index contributed by atoms with van der Waals surface area (Å²) in [5.41, 5.74) is 1.50. The summed E-state index contributed by atoms with van der Waals surface area (Å²) in [7, 11) is 3.46. The van der Waals surface area contributed by atoms with E-state index in [1.807, 2.05) is 27.8 Å². The monoisotopic (exact) mass is 356 g/mol. The quantitative estimate of drug-likeness (QED) is 0.828.